The van der Waals surface area contributed by atoms with Crippen LogP contribution in [0.2, 0.25) is 0 Å². The number of amides is 2. The molecule has 2 aromatic rings. The van der Waals surface area contributed by atoms with Crippen LogP contribution in [0.5, 0.6) is 0 Å². The molecule has 0 spiro atoms. The molecule has 5 nitrogen and oxygen atoms in total. The minimum absolute atomic E-state index is 0.155. The van der Waals surface area contributed by atoms with Crippen LogP contribution in [0.4, 0.5) is 19.3 Å². The highest BCUT2D eigenvalue weighted by Gasteiger charge is 2.12. The molecule has 7 heteroatoms. The highest BCUT2D eigenvalue weighted by Crippen LogP contribution is 2.15. The Morgan fingerprint density at radius 2 is 1.87 bits per heavy atom. The van der Waals surface area contributed by atoms with Crippen LogP contribution in [0.1, 0.15) is 17.2 Å². The predicted molar refractivity (Wildman–Crippen MR) is 79.5 cm³/mol. The fraction of sp³-hybridized carbons (Fsp3) is 0.125. The summed E-state index contributed by atoms with van der Waals surface area (Å²) in [5.74, 6) is -2.07. The number of benzene rings is 2. The Hall–Kier alpha value is -2.98. The van der Waals surface area contributed by atoms with E-state index in [9.17, 15) is 18.7 Å². The van der Waals surface area contributed by atoms with E-state index in [0.717, 1.165) is 12.1 Å². The summed E-state index contributed by atoms with van der Waals surface area (Å²) in [5, 5.41) is 23.5. The van der Waals surface area contributed by atoms with Gasteiger partial charge in [0.05, 0.1) is 17.7 Å². The average molecular weight is 317 g/mol. The summed E-state index contributed by atoms with van der Waals surface area (Å²) in [4.78, 5) is 11.7. The molecule has 0 aliphatic heterocycles. The van der Waals surface area contributed by atoms with Crippen molar-refractivity contribution in [2.24, 2.45) is 0 Å². The second kappa shape index (κ2) is 7.33. The third kappa shape index (κ3) is 4.49. The van der Waals surface area contributed by atoms with Crippen LogP contribution >= 0.6 is 0 Å². The fourth-order valence-electron chi connectivity index (χ4n) is 1.83. The number of hydrogen-bond donors (Lipinski definition) is 3. The molecule has 0 heterocycles. The minimum atomic E-state index is -1.17. The number of aliphatic hydroxyl groups is 1. The van der Waals surface area contributed by atoms with Gasteiger partial charge in [0.25, 0.3) is 0 Å². The Morgan fingerprint density at radius 3 is 2.48 bits per heavy atom. The number of aliphatic hydroxyl groups excluding tert-OH is 1. The maximum absolute atomic E-state index is 13.1. The quantitative estimate of drug-likeness (QED) is 0.810. The Kier molecular flexibility index (Phi) is 5.23. The van der Waals surface area contributed by atoms with Crippen molar-refractivity contribution in [1.29, 1.82) is 5.26 Å². The van der Waals surface area contributed by atoms with Crippen LogP contribution in [0.25, 0.3) is 0 Å². The Labute approximate surface area is 131 Å². The van der Waals surface area contributed by atoms with Crippen LogP contribution in [-0.2, 0) is 0 Å². The highest BCUT2D eigenvalue weighted by molar-refractivity contribution is 5.89. The first-order chi connectivity index (χ1) is 11.0. The molecule has 2 rings (SSSR count). The van der Waals surface area contributed by atoms with Gasteiger partial charge in [-0.15, -0.1) is 0 Å². The second-order valence-corrected chi connectivity index (χ2v) is 4.71. The Bertz CT molecular complexity index is 742. The van der Waals surface area contributed by atoms with Crippen molar-refractivity contribution in [2.45, 2.75) is 6.10 Å². The van der Waals surface area contributed by atoms with E-state index in [1.165, 1.54) is 6.07 Å². The molecule has 3 N–H and O–H groups in total. The summed E-state index contributed by atoms with van der Waals surface area (Å²) in [6, 6.07) is 10.6. The topological polar surface area (TPSA) is 85.2 Å². The van der Waals surface area contributed by atoms with Crippen molar-refractivity contribution in [2.75, 3.05) is 11.9 Å². The molecule has 1 unspecified atom stereocenters. The van der Waals surface area contributed by atoms with Crippen molar-refractivity contribution in [3.8, 4) is 6.07 Å². The molecular weight excluding hydrogens is 304 g/mol. The zero-order valence-electron chi connectivity index (χ0n) is 11.9. The molecule has 0 saturated heterocycles. The molecule has 1 atom stereocenters. The minimum Gasteiger partial charge on any atom is -0.387 e. The summed E-state index contributed by atoms with van der Waals surface area (Å²) in [6.07, 6.45) is -1.17. The van der Waals surface area contributed by atoms with Crippen LogP contribution in [-0.4, -0.2) is 17.7 Å². The van der Waals surface area contributed by atoms with Gasteiger partial charge in [-0.1, -0.05) is 6.07 Å². The third-order valence-electron chi connectivity index (χ3n) is 3.06. The fourth-order valence-corrected chi connectivity index (χ4v) is 1.83. The Balaban J connectivity index is 1.87. The monoisotopic (exact) mass is 317 g/mol. The van der Waals surface area contributed by atoms with Crippen molar-refractivity contribution in [1.82, 2.24) is 5.32 Å². The normalized spacial score (nSPS) is 11.4. The van der Waals surface area contributed by atoms with Crippen molar-refractivity contribution >= 4 is 11.7 Å². The van der Waals surface area contributed by atoms with Crippen molar-refractivity contribution < 1.29 is 18.7 Å². The lowest BCUT2D eigenvalue weighted by Gasteiger charge is -2.13. The maximum Gasteiger partial charge on any atom is 0.319 e. The van der Waals surface area contributed by atoms with E-state index in [0.29, 0.717) is 11.3 Å². The molecule has 2 amide bonds. The van der Waals surface area contributed by atoms with Crippen LogP contribution in [0.3, 0.4) is 0 Å². The number of nitriles is 1. The Morgan fingerprint density at radius 1 is 1.17 bits per heavy atom. The number of rotatable bonds is 4. The van der Waals surface area contributed by atoms with E-state index in [-0.39, 0.29) is 12.1 Å². The molecule has 118 valence electrons. The number of nitrogens with one attached hydrogen (secondary N) is 2. The molecule has 0 saturated carbocycles. The largest absolute Gasteiger partial charge is 0.387 e. The lowest BCUT2D eigenvalue weighted by Crippen LogP contribution is -2.32. The lowest BCUT2D eigenvalue weighted by atomic mass is 10.1. The zero-order chi connectivity index (χ0) is 16.8. The number of hydrogen-bond acceptors (Lipinski definition) is 3. The van der Waals surface area contributed by atoms with Gasteiger partial charge in [-0.3, -0.25) is 0 Å². The number of carbonyl (C=O) groups is 1. The van der Waals surface area contributed by atoms with E-state index in [1.807, 2.05) is 6.07 Å². The molecule has 0 fully saturated rings. The van der Waals surface area contributed by atoms with Crippen molar-refractivity contribution in [3.63, 3.8) is 0 Å². The SMILES string of the molecule is N#Cc1ccc(NC(=O)NCC(O)c2ccc(F)c(F)c2)cc1. The van der Waals surface area contributed by atoms with Gasteiger partial charge in [-0.05, 0) is 42.0 Å². The predicted octanol–water partition coefficient (Wildman–Crippen LogP) is 2.69. The number of urea groups is 1. The summed E-state index contributed by atoms with van der Waals surface area (Å²) in [7, 11) is 0. The van der Waals surface area contributed by atoms with E-state index in [2.05, 4.69) is 10.6 Å². The van der Waals surface area contributed by atoms with Gasteiger partial charge < -0.3 is 15.7 Å². The molecule has 0 radical (unpaired) electrons. The van der Waals surface area contributed by atoms with Gasteiger partial charge in [-0.2, -0.15) is 5.26 Å². The van der Waals surface area contributed by atoms with Gasteiger partial charge in [-0.25, -0.2) is 13.6 Å². The summed E-state index contributed by atoms with van der Waals surface area (Å²) in [6.45, 7) is -0.173. The number of anilines is 1. The van der Waals surface area contributed by atoms with Gasteiger partial charge in [0.2, 0.25) is 0 Å². The number of nitrogens with zero attached hydrogens (tertiary/aromatic N) is 1. The molecule has 0 bridgehead atoms. The summed E-state index contributed by atoms with van der Waals surface area (Å²) in [5.41, 5.74) is 1.09. The molecule has 0 aliphatic rings. The summed E-state index contributed by atoms with van der Waals surface area (Å²) >= 11 is 0. The van der Waals surface area contributed by atoms with Gasteiger partial charge >= 0.3 is 6.03 Å². The van der Waals surface area contributed by atoms with E-state index in [1.54, 1.807) is 24.3 Å². The lowest BCUT2D eigenvalue weighted by molar-refractivity contribution is 0.174. The first-order valence-electron chi connectivity index (χ1n) is 6.67. The first kappa shape index (κ1) is 16.4. The van der Waals surface area contributed by atoms with E-state index in [4.69, 9.17) is 5.26 Å². The molecular formula is C16H13F2N3O2. The highest BCUT2D eigenvalue weighted by atomic mass is 19.2. The van der Waals surface area contributed by atoms with Gasteiger partial charge in [0, 0.05) is 12.2 Å². The van der Waals surface area contributed by atoms with E-state index < -0.39 is 23.8 Å². The molecule has 2 aromatic carbocycles. The smallest absolute Gasteiger partial charge is 0.319 e. The zero-order valence-corrected chi connectivity index (χ0v) is 11.9. The van der Waals surface area contributed by atoms with Gasteiger partial charge in [0.1, 0.15) is 0 Å². The van der Waals surface area contributed by atoms with Crippen LogP contribution < -0.4 is 10.6 Å². The molecule has 0 aromatic heterocycles. The van der Waals surface area contributed by atoms with E-state index >= 15 is 0 Å². The maximum atomic E-state index is 13.1. The second-order valence-electron chi connectivity index (χ2n) is 4.71. The summed E-state index contributed by atoms with van der Waals surface area (Å²) < 4.78 is 25.9. The van der Waals surface area contributed by atoms with Crippen LogP contribution in [0.15, 0.2) is 42.5 Å². The van der Waals surface area contributed by atoms with Crippen molar-refractivity contribution in [3.05, 3.63) is 65.2 Å². The third-order valence-corrected chi connectivity index (χ3v) is 3.06. The van der Waals surface area contributed by atoms with Gasteiger partial charge in [0.15, 0.2) is 11.6 Å². The molecule has 23 heavy (non-hydrogen) atoms. The molecule has 0 aliphatic carbocycles. The first-order valence-corrected chi connectivity index (χ1v) is 6.67. The number of carbonyl (C=O) groups excluding carboxylic acids is 1. The average Bonchev–Trinajstić information content (AvgIpc) is 2.56. The standard InChI is InChI=1S/C16H13F2N3O2/c17-13-6-3-11(7-14(13)18)15(22)9-20-16(23)21-12-4-1-10(8-19)2-5-12/h1-7,15,22H,9H2,(H2,20,21,23). The number of halogens is 2. The van der Waals surface area contributed by atoms with Crippen LogP contribution in [0, 0.1) is 23.0 Å².